The first-order valence-corrected chi connectivity index (χ1v) is 15.0. The number of H-pyrrole nitrogens is 1. The fourth-order valence-corrected chi connectivity index (χ4v) is 6.63. The van der Waals surface area contributed by atoms with Crippen LogP contribution in [0.4, 0.5) is 5.69 Å². The highest BCUT2D eigenvalue weighted by Gasteiger charge is 2.33. The van der Waals surface area contributed by atoms with Crippen LogP contribution >= 0.6 is 34.7 Å². The summed E-state index contributed by atoms with van der Waals surface area (Å²) in [6.07, 6.45) is 1.16. The van der Waals surface area contributed by atoms with Gasteiger partial charge in [-0.2, -0.15) is 0 Å². The largest absolute Gasteiger partial charge is 0.459 e. The molecule has 0 unspecified atom stereocenters. The van der Waals surface area contributed by atoms with Crippen LogP contribution in [0.1, 0.15) is 43.6 Å². The molecular weight excluding hydrogens is 614 g/mol. The predicted molar refractivity (Wildman–Crippen MR) is 163 cm³/mol. The number of nitro benzene ring substituents is 1. The number of benzene rings is 2. The number of allylic oxidation sites excluding steroid dienone is 1. The van der Waals surface area contributed by atoms with E-state index in [-0.39, 0.29) is 37.5 Å². The van der Waals surface area contributed by atoms with E-state index in [0.717, 1.165) is 23.1 Å². The second-order valence-corrected chi connectivity index (χ2v) is 12.3. The van der Waals surface area contributed by atoms with Crippen molar-refractivity contribution in [2.45, 2.75) is 49.9 Å². The lowest BCUT2D eigenvalue weighted by Gasteiger charge is -2.25. The molecule has 5 rings (SSSR count). The monoisotopic (exact) mass is 637 g/mol. The van der Waals surface area contributed by atoms with Crippen LogP contribution in [0.5, 0.6) is 0 Å². The summed E-state index contributed by atoms with van der Waals surface area (Å²) in [7, 11) is 0. The van der Waals surface area contributed by atoms with Gasteiger partial charge in [0.15, 0.2) is 9.96 Å². The maximum atomic E-state index is 13.9. The number of nitrogens with one attached hydrogen (secondary N) is 1. The molecule has 14 heteroatoms. The number of hydrogen-bond acceptors (Lipinski definition) is 10. The van der Waals surface area contributed by atoms with Gasteiger partial charge in [-0.25, -0.2) is 14.8 Å². The first-order valence-electron chi connectivity index (χ1n) is 12.9. The zero-order valence-electron chi connectivity index (χ0n) is 23.3. The fourth-order valence-electron chi connectivity index (χ4n) is 4.53. The summed E-state index contributed by atoms with van der Waals surface area (Å²) in [6.45, 7) is 6.81. The van der Waals surface area contributed by atoms with Gasteiger partial charge in [-0.05, 0) is 74.9 Å². The van der Waals surface area contributed by atoms with Crippen LogP contribution in [0.2, 0.25) is 5.02 Å². The first-order chi connectivity index (χ1) is 20.4. The maximum Gasteiger partial charge on any atom is 0.338 e. The minimum Gasteiger partial charge on any atom is -0.459 e. The van der Waals surface area contributed by atoms with Gasteiger partial charge in [0.25, 0.3) is 16.8 Å². The second kappa shape index (κ2) is 12.1. The highest BCUT2D eigenvalue weighted by atomic mass is 35.5. The van der Waals surface area contributed by atoms with E-state index in [9.17, 15) is 24.5 Å². The highest BCUT2D eigenvalue weighted by molar-refractivity contribution is 7.99. The van der Waals surface area contributed by atoms with Crippen LogP contribution in [0.25, 0.3) is 6.08 Å². The Kier molecular flexibility index (Phi) is 8.49. The number of thiazole rings is 1. The number of esters is 1. The van der Waals surface area contributed by atoms with E-state index in [0.29, 0.717) is 32.3 Å². The third kappa shape index (κ3) is 6.38. The molecule has 1 aliphatic heterocycles. The Morgan fingerprint density at radius 1 is 1.19 bits per heavy atom. The Hall–Kier alpha value is -4.33. The number of carbonyl (C=O) groups excluding carboxylic acids is 1. The standard InChI is InChI=1S/C29H24ClN5O6S2/c1-14(2)41-27(38)24-16(4)32-29-34(25(24)18-6-8-19(30)9-7-18)26(37)22(43-29)13-17-5-10-21(20(12-17)35(39)40)42-28-31-15(3)11-23(36)33-28/h5-14,25H,1-4H3,(H,31,33,36)/b22-13+/t25-/m0/s1. The topological polar surface area (TPSA) is 150 Å². The Morgan fingerprint density at radius 2 is 1.91 bits per heavy atom. The van der Waals surface area contributed by atoms with E-state index in [1.165, 1.54) is 22.8 Å². The number of ether oxygens (including phenoxy) is 1. The van der Waals surface area contributed by atoms with Crippen molar-refractivity contribution in [2.75, 3.05) is 0 Å². The van der Waals surface area contributed by atoms with Gasteiger partial charge in [-0.3, -0.25) is 24.3 Å². The number of aryl methyl sites for hydroxylation is 1. The minimum absolute atomic E-state index is 0.218. The van der Waals surface area contributed by atoms with Crippen LogP contribution < -0.4 is 20.5 Å². The molecule has 43 heavy (non-hydrogen) atoms. The normalized spacial score (nSPS) is 14.9. The van der Waals surface area contributed by atoms with E-state index in [2.05, 4.69) is 15.0 Å². The van der Waals surface area contributed by atoms with Crippen molar-refractivity contribution in [3.8, 4) is 0 Å². The predicted octanol–water partition coefficient (Wildman–Crippen LogP) is 4.29. The van der Waals surface area contributed by atoms with Crippen molar-refractivity contribution < 1.29 is 14.5 Å². The van der Waals surface area contributed by atoms with E-state index in [1.54, 1.807) is 64.1 Å². The van der Waals surface area contributed by atoms with Gasteiger partial charge >= 0.3 is 5.97 Å². The van der Waals surface area contributed by atoms with E-state index in [1.807, 2.05) is 0 Å². The van der Waals surface area contributed by atoms with Crippen LogP contribution in [0.3, 0.4) is 0 Å². The maximum absolute atomic E-state index is 13.9. The summed E-state index contributed by atoms with van der Waals surface area (Å²) in [5.41, 5.74) is 1.17. The van der Waals surface area contributed by atoms with Gasteiger partial charge in [0.1, 0.15) is 0 Å². The summed E-state index contributed by atoms with van der Waals surface area (Å²) in [5, 5.41) is 12.7. The molecule has 2 aromatic carbocycles. The van der Waals surface area contributed by atoms with Gasteiger partial charge in [-0.15, -0.1) is 0 Å². The second-order valence-electron chi connectivity index (χ2n) is 9.87. The molecule has 0 saturated carbocycles. The smallest absolute Gasteiger partial charge is 0.338 e. The molecule has 1 aliphatic rings. The molecule has 0 radical (unpaired) electrons. The quantitative estimate of drug-likeness (QED) is 0.136. The van der Waals surface area contributed by atoms with Crippen molar-refractivity contribution in [1.29, 1.82) is 0 Å². The van der Waals surface area contributed by atoms with Crippen molar-refractivity contribution in [1.82, 2.24) is 14.5 Å². The lowest BCUT2D eigenvalue weighted by atomic mass is 9.96. The van der Waals surface area contributed by atoms with Gasteiger partial charge in [0.2, 0.25) is 0 Å². The van der Waals surface area contributed by atoms with Crippen LogP contribution in [0, 0.1) is 17.0 Å². The summed E-state index contributed by atoms with van der Waals surface area (Å²) in [4.78, 5) is 62.3. The average molecular weight is 638 g/mol. The Labute approximate surface area is 257 Å². The zero-order valence-corrected chi connectivity index (χ0v) is 25.7. The molecule has 0 fully saturated rings. The molecular formula is C29H24ClN5O6S2. The SMILES string of the molecule is CC1=C(C(=O)OC(C)C)[C@H](c2ccc(Cl)cc2)n2c(s/c(=C/c3ccc(Sc4nc(C)cc(=O)[nH]4)c([N+](=O)[O-])c3)c2=O)=N1. The first kappa shape index (κ1) is 30.1. The number of halogens is 1. The van der Waals surface area contributed by atoms with Crippen molar-refractivity contribution in [3.63, 3.8) is 0 Å². The Bertz CT molecular complexity index is 2050. The molecule has 4 aromatic rings. The molecule has 1 N–H and O–H groups in total. The molecule has 0 saturated heterocycles. The zero-order chi connectivity index (χ0) is 31.0. The van der Waals surface area contributed by atoms with Crippen molar-refractivity contribution in [2.24, 2.45) is 4.99 Å². The number of fused-ring (bicyclic) bond motifs is 1. The number of carbonyl (C=O) groups is 1. The van der Waals surface area contributed by atoms with Crippen LogP contribution in [0.15, 0.2) is 84.4 Å². The summed E-state index contributed by atoms with van der Waals surface area (Å²) >= 11 is 8.18. The number of aromatic nitrogens is 3. The number of aromatic amines is 1. The average Bonchev–Trinajstić information content (AvgIpc) is 3.22. The summed E-state index contributed by atoms with van der Waals surface area (Å²) in [5.74, 6) is -0.585. The fraction of sp³-hybridized carbons (Fsp3) is 0.207. The molecule has 0 bridgehead atoms. The van der Waals surface area contributed by atoms with Gasteiger partial charge < -0.3 is 9.72 Å². The minimum atomic E-state index is -0.820. The summed E-state index contributed by atoms with van der Waals surface area (Å²) < 4.78 is 7.20. The molecule has 0 amide bonds. The van der Waals surface area contributed by atoms with E-state index >= 15 is 0 Å². The van der Waals surface area contributed by atoms with Crippen LogP contribution in [-0.4, -0.2) is 31.5 Å². The van der Waals surface area contributed by atoms with Crippen molar-refractivity contribution >= 4 is 52.4 Å². The third-order valence-electron chi connectivity index (χ3n) is 6.30. The third-order valence-corrected chi connectivity index (χ3v) is 8.49. The lowest BCUT2D eigenvalue weighted by molar-refractivity contribution is -0.387. The molecule has 3 heterocycles. The molecule has 0 spiro atoms. The molecule has 0 aliphatic carbocycles. The molecule has 2 aromatic heterocycles. The summed E-state index contributed by atoms with van der Waals surface area (Å²) in [6, 6.07) is 11.8. The van der Waals surface area contributed by atoms with Gasteiger partial charge in [-0.1, -0.05) is 41.1 Å². The molecule has 1 atom stereocenters. The van der Waals surface area contributed by atoms with E-state index < -0.39 is 22.5 Å². The highest BCUT2D eigenvalue weighted by Crippen LogP contribution is 2.34. The van der Waals surface area contributed by atoms with Gasteiger partial charge in [0, 0.05) is 22.8 Å². The number of rotatable bonds is 7. The van der Waals surface area contributed by atoms with E-state index in [4.69, 9.17) is 16.3 Å². The molecule has 220 valence electrons. The number of nitrogens with zero attached hydrogens (tertiary/aromatic N) is 4. The number of hydrogen-bond donors (Lipinski definition) is 1. The Balaban J connectivity index is 1.62. The lowest BCUT2D eigenvalue weighted by Crippen LogP contribution is -2.40. The Morgan fingerprint density at radius 3 is 2.56 bits per heavy atom. The van der Waals surface area contributed by atoms with Crippen LogP contribution in [-0.2, 0) is 9.53 Å². The molecule has 11 nitrogen and oxygen atoms in total. The van der Waals surface area contributed by atoms with Gasteiger partial charge in [0.05, 0.1) is 37.8 Å². The van der Waals surface area contributed by atoms with Crippen molar-refractivity contribution in [3.05, 3.63) is 122 Å². The number of nitro groups is 1.